The van der Waals surface area contributed by atoms with Crippen molar-refractivity contribution in [2.75, 3.05) is 6.54 Å². The van der Waals surface area contributed by atoms with Crippen molar-refractivity contribution in [3.63, 3.8) is 0 Å². The zero-order valence-electron chi connectivity index (χ0n) is 11.2. The molecule has 1 nitrogen and oxygen atoms in total. The summed E-state index contributed by atoms with van der Waals surface area (Å²) in [6.07, 6.45) is 3.73. The van der Waals surface area contributed by atoms with Crippen molar-refractivity contribution in [1.82, 2.24) is 4.90 Å². The molecule has 17 heavy (non-hydrogen) atoms. The minimum Gasteiger partial charge on any atom is -0.299 e. The molecule has 1 radical (unpaired) electrons. The van der Waals surface area contributed by atoms with Crippen LogP contribution in [0.3, 0.4) is 0 Å². The van der Waals surface area contributed by atoms with E-state index in [2.05, 4.69) is 44.9 Å². The molecule has 1 aromatic carbocycles. The van der Waals surface area contributed by atoms with Crippen LogP contribution < -0.4 is 0 Å². The molecule has 0 saturated carbocycles. The van der Waals surface area contributed by atoms with E-state index >= 15 is 0 Å². The Balaban J connectivity index is 2.18. The molecule has 2 aliphatic rings. The monoisotopic (exact) mass is 228 g/mol. The summed E-state index contributed by atoms with van der Waals surface area (Å²) < 4.78 is 0. The Kier molecular flexibility index (Phi) is 2.38. The van der Waals surface area contributed by atoms with E-state index in [1.807, 2.05) is 0 Å². The van der Waals surface area contributed by atoms with Crippen LogP contribution in [0.25, 0.3) is 0 Å². The second-order valence-corrected chi connectivity index (χ2v) is 6.23. The molecular weight excluding hydrogens is 206 g/mol. The molecule has 2 atom stereocenters. The maximum atomic E-state index is 4.20. The minimum absolute atomic E-state index is 0.391. The average molecular weight is 228 g/mol. The highest BCUT2D eigenvalue weighted by Gasteiger charge is 2.42. The molecule has 0 amide bonds. The second-order valence-electron chi connectivity index (χ2n) is 6.23. The minimum atomic E-state index is 0.391. The molecule has 1 fully saturated rings. The number of hydrogen-bond acceptors (Lipinski definition) is 1. The topological polar surface area (TPSA) is 3.24 Å². The summed E-state index contributed by atoms with van der Waals surface area (Å²) in [7, 11) is 4.20. The van der Waals surface area contributed by atoms with Gasteiger partial charge in [-0.2, -0.15) is 0 Å². The predicted molar refractivity (Wildman–Crippen MR) is 72.1 cm³/mol. The summed E-state index contributed by atoms with van der Waals surface area (Å²) in [6.45, 7) is 8.14. The van der Waals surface area contributed by atoms with Crippen LogP contribution >= 0.6 is 0 Å². The number of fused-ring (bicyclic) bond motifs is 4. The van der Waals surface area contributed by atoms with Gasteiger partial charge in [-0.15, -0.1) is 0 Å². The van der Waals surface area contributed by atoms with Crippen LogP contribution in [0.5, 0.6) is 0 Å². The molecule has 2 bridgehead atoms. The van der Waals surface area contributed by atoms with Gasteiger partial charge in [-0.1, -0.05) is 19.1 Å². The fourth-order valence-electron chi connectivity index (χ4n) is 3.89. The molecule has 0 spiro atoms. The fourth-order valence-corrected chi connectivity index (χ4v) is 3.89. The van der Waals surface area contributed by atoms with Crippen LogP contribution in [-0.4, -0.2) is 17.5 Å². The molecular formula is C16H22N. The van der Waals surface area contributed by atoms with Gasteiger partial charge in [0.15, 0.2) is 0 Å². The molecule has 0 N–H and O–H groups in total. The van der Waals surface area contributed by atoms with Gasteiger partial charge in [-0.25, -0.2) is 0 Å². The van der Waals surface area contributed by atoms with E-state index in [-0.39, 0.29) is 0 Å². The number of likely N-dealkylation sites (tertiary alicyclic amines) is 1. The summed E-state index contributed by atoms with van der Waals surface area (Å²) in [6, 6.07) is 5.29. The van der Waals surface area contributed by atoms with Crippen molar-refractivity contribution in [3.05, 3.63) is 41.4 Å². The number of piperidine rings is 1. The van der Waals surface area contributed by atoms with Crippen LogP contribution in [0.2, 0.25) is 0 Å². The van der Waals surface area contributed by atoms with Gasteiger partial charge in [0.05, 0.1) is 0 Å². The first-order chi connectivity index (χ1) is 8.01. The first-order valence-electron chi connectivity index (χ1n) is 6.68. The molecule has 1 aliphatic heterocycles. The zero-order chi connectivity index (χ0) is 12.2. The van der Waals surface area contributed by atoms with Gasteiger partial charge < -0.3 is 0 Å². The highest BCUT2D eigenvalue weighted by Crippen LogP contribution is 2.46. The van der Waals surface area contributed by atoms with Crippen molar-refractivity contribution < 1.29 is 0 Å². The normalized spacial score (nSPS) is 32.4. The Hall–Kier alpha value is -0.820. The van der Waals surface area contributed by atoms with Gasteiger partial charge in [-0.3, -0.25) is 4.90 Å². The Morgan fingerprint density at radius 2 is 2.12 bits per heavy atom. The lowest BCUT2D eigenvalue weighted by molar-refractivity contribution is 0.129. The van der Waals surface area contributed by atoms with Crippen molar-refractivity contribution >= 4 is 0 Å². The standard InChI is InChI=1S/C16H22N/c1-11-5-6-13-9-14-10-16(3,7-8-17(14)4)15(13)12(11)2/h5-6,14H,4,7-10H2,1-3H3/t14?,16-/m1/s1. The van der Waals surface area contributed by atoms with Crippen molar-refractivity contribution in [1.29, 1.82) is 0 Å². The van der Waals surface area contributed by atoms with E-state index in [1.54, 1.807) is 11.1 Å². The summed E-state index contributed by atoms with van der Waals surface area (Å²) in [5, 5.41) is 0. The number of aryl methyl sites for hydroxylation is 1. The van der Waals surface area contributed by atoms with E-state index in [4.69, 9.17) is 0 Å². The summed E-state index contributed by atoms with van der Waals surface area (Å²) in [4.78, 5) is 2.31. The zero-order valence-corrected chi connectivity index (χ0v) is 11.2. The summed E-state index contributed by atoms with van der Waals surface area (Å²) >= 11 is 0. The first-order valence-corrected chi connectivity index (χ1v) is 6.68. The third-order valence-electron chi connectivity index (χ3n) is 5.03. The van der Waals surface area contributed by atoms with E-state index in [9.17, 15) is 0 Å². The molecule has 3 rings (SSSR count). The predicted octanol–water partition coefficient (Wildman–Crippen LogP) is 3.37. The molecule has 91 valence electrons. The van der Waals surface area contributed by atoms with Crippen molar-refractivity contribution in [3.8, 4) is 0 Å². The number of rotatable bonds is 0. The molecule has 1 heteroatoms. The van der Waals surface area contributed by atoms with Crippen molar-refractivity contribution in [2.45, 2.75) is 51.5 Å². The lowest BCUT2D eigenvalue weighted by Crippen LogP contribution is -2.50. The second kappa shape index (κ2) is 3.58. The Bertz CT molecular complexity index is 463. The molecule has 0 aromatic heterocycles. The van der Waals surface area contributed by atoms with Crippen LogP contribution in [0, 0.1) is 20.9 Å². The third kappa shape index (κ3) is 1.55. The van der Waals surface area contributed by atoms with Gasteiger partial charge in [0.25, 0.3) is 0 Å². The van der Waals surface area contributed by atoms with E-state index in [0.29, 0.717) is 11.5 Å². The number of nitrogens with zero attached hydrogens (tertiary/aromatic N) is 1. The van der Waals surface area contributed by atoms with Crippen molar-refractivity contribution in [2.24, 2.45) is 0 Å². The Morgan fingerprint density at radius 3 is 2.88 bits per heavy atom. The number of hydrogen-bond donors (Lipinski definition) is 0. The molecule has 1 aromatic rings. The van der Waals surface area contributed by atoms with Gasteiger partial charge in [0.1, 0.15) is 0 Å². The van der Waals surface area contributed by atoms with Crippen LogP contribution in [-0.2, 0) is 11.8 Å². The smallest absolute Gasteiger partial charge is 0.0145 e. The van der Waals surface area contributed by atoms with Gasteiger partial charge >= 0.3 is 0 Å². The maximum absolute atomic E-state index is 4.20. The molecule has 1 aliphatic carbocycles. The largest absolute Gasteiger partial charge is 0.299 e. The SMILES string of the molecule is [CH2]N1CC[C@]2(C)CC1Cc1ccc(C)c(C)c12. The highest BCUT2D eigenvalue weighted by molar-refractivity contribution is 5.47. The summed E-state index contributed by atoms with van der Waals surface area (Å²) in [5.74, 6) is 0. The Morgan fingerprint density at radius 1 is 1.35 bits per heavy atom. The number of benzene rings is 1. The lowest BCUT2D eigenvalue weighted by Gasteiger charge is -2.49. The van der Waals surface area contributed by atoms with Gasteiger partial charge in [0, 0.05) is 13.1 Å². The summed E-state index contributed by atoms with van der Waals surface area (Å²) in [5.41, 5.74) is 6.59. The van der Waals surface area contributed by atoms with Crippen LogP contribution in [0.4, 0.5) is 0 Å². The molecule has 1 saturated heterocycles. The van der Waals surface area contributed by atoms with E-state index in [0.717, 1.165) is 6.54 Å². The quantitative estimate of drug-likeness (QED) is 0.658. The van der Waals surface area contributed by atoms with Gasteiger partial charge in [0.2, 0.25) is 0 Å². The highest BCUT2D eigenvalue weighted by atomic mass is 15.1. The van der Waals surface area contributed by atoms with E-state index in [1.165, 1.54) is 30.4 Å². The first kappa shape index (κ1) is 11.3. The van der Waals surface area contributed by atoms with E-state index < -0.39 is 0 Å². The maximum Gasteiger partial charge on any atom is 0.0145 e. The lowest BCUT2D eigenvalue weighted by atomic mass is 9.63. The Labute approximate surface area is 105 Å². The van der Waals surface area contributed by atoms with Crippen LogP contribution in [0.1, 0.15) is 42.0 Å². The van der Waals surface area contributed by atoms with Gasteiger partial charge in [-0.05, 0) is 67.3 Å². The fraction of sp³-hybridized carbons (Fsp3) is 0.562. The average Bonchev–Trinajstić information content (AvgIpc) is 2.29. The molecule has 1 unspecified atom stereocenters. The van der Waals surface area contributed by atoms with Crippen LogP contribution in [0.15, 0.2) is 12.1 Å². The molecule has 1 heterocycles. The third-order valence-corrected chi connectivity index (χ3v) is 5.03.